The summed E-state index contributed by atoms with van der Waals surface area (Å²) in [7, 11) is 0. The van der Waals surface area contributed by atoms with E-state index in [0.717, 1.165) is 12.1 Å². The number of fused-ring (bicyclic) bond motifs is 1. The molecular weight excluding hydrogens is 314 g/mol. The number of halogens is 4. The Balaban J connectivity index is 1.98. The maximum Gasteiger partial charge on any atom is 0.573 e. The van der Waals surface area contributed by atoms with Gasteiger partial charge in [-0.15, -0.1) is 13.2 Å². The number of alkyl halides is 3. The molecule has 0 radical (unpaired) electrons. The number of rotatable bonds is 2. The first-order valence-electron chi connectivity index (χ1n) is 6.51. The molecule has 1 aliphatic rings. The summed E-state index contributed by atoms with van der Waals surface area (Å²) in [4.78, 5) is 11.9. The predicted molar refractivity (Wildman–Crippen MR) is 76.0 cm³/mol. The molecule has 0 saturated heterocycles. The number of hydrogen-bond donors (Lipinski definition) is 1. The molecule has 0 atom stereocenters. The van der Waals surface area contributed by atoms with Crippen LogP contribution < -0.4 is 10.1 Å². The van der Waals surface area contributed by atoms with E-state index in [1.165, 1.54) is 36.4 Å². The summed E-state index contributed by atoms with van der Waals surface area (Å²) in [5.41, 5.74) is 1.31. The Hall–Kier alpha value is -2.83. The van der Waals surface area contributed by atoms with Crippen molar-refractivity contribution in [3.63, 3.8) is 0 Å². The first-order valence-corrected chi connectivity index (χ1v) is 6.51. The minimum atomic E-state index is -4.80. The van der Waals surface area contributed by atoms with E-state index in [2.05, 4.69) is 10.1 Å². The second kappa shape index (κ2) is 5.42. The van der Waals surface area contributed by atoms with Crippen molar-refractivity contribution in [1.29, 1.82) is 0 Å². The lowest BCUT2D eigenvalue weighted by molar-refractivity contribution is -0.274. The zero-order valence-corrected chi connectivity index (χ0v) is 11.4. The number of carbonyl (C=O) groups excluding carboxylic acids is 1. The molecular formula is C16H9F4NO2. The second-order valence-corrected chi connectivity index (χ2v) is 4.82. The van der Waals surface area contributed by atoms with Crippen molar-refractivity contribution in [2.45, 2.75) is 6.36 Å². The molecule has 0 saturated carbocycles. The smallest absolute Gasteiger partial charge is 0.406 e. The van der Waals surface area contributed by atoms with E-state index in [4.69, 9.17) is 0 Å². The molecule has 1 N–H and O–H groups in total. The molecule has 7 heteroatoms. The largest absolute Gasteiger partial charge is 0.573 e. The molecule has 0 unspecified atom stereocenters. The SMILES string of the molecule is O=C1Nc2ccc(F)cc2/C1=C\c1cccc(OC(F)(F)F)c1. The maximum atomic E-state index is 13.3. The first-order chi connectivity index (χ1) is 10.8. The molecule has 1 aliphatic heterocycles. The van der Waals surface area contributed by atoms with Gasteiger partial charge in [0.05, 0.1) is 0 Å². The summed E-state index contributed by atoms with van der Waals surface area (Å²) in [5.74, 6) is -1.36. The minimum absolute atomic E-state index is 0.170. The van der Waals surface area contributed by atoms with Crippen LogP contribution in [0.25, 0.3) is 11.6 Å². The van der Waals surface area contributed by atoms with Gasteiger partial charge in [-0.05, 0) is 42.0 Å². The Kier molecular flexibility index (Phi) is 3.55. The molecule has 118 valence electrons. The van der Waals surface area contributed by atoms with Crippen molar-refractivity contribution >= 4 is 23.2 Å². The maximum absolute atomic E-state index is 13.3. The van der Waals surface area contributed by atoms with Gasteiger partial charge in [0, 0.05) is 16.8 Å². The number of benzene rings is 2. The fraction of sp³-hybridized carbons (Fsp3) is 0.0625. The topological polar surface area (TPSA) is 38.3 Å². The van der Waals surface area contributed by atoms with Crippen LogP contribution in [0.4, 0.5) is 23.2 Å². The number of ether oxygens (including phenoxy) is 1. The Morgan fingerprint density at radius 1 is 1.09 bits per heavy atom. The average Bonchev–Trinajstić information content (AvgIpc) is 2.74. The zero-order valence-electron chi connectivity index (χ0n) is 11.4. The molecule has 3 rings (SSSR count). The monoisotopic (exact) mass is 323 g/mol. The van der Waals surface area contributed by atoms with E-state index in [9.17, 15) is 22.4 Å². The van der Waals surface area contributed by atoms with Gasteiger partial charge in [-0.2, -0.15) is 0 Å². The van der Waals surface area contributed by atoms with Gasteiger partial charge in [-0.25, -0.2) is 4.39 Å². The van der Waals surface area contributed by atoms with Gasteiger partial charge in [0.2, 0.25) is 0 Å². The number of nitrogens with one attached hydrogen (secondary N) is 1. The van der Waals surface area contributed by atoms with Crippen LogP contribution in [0.5, 0.6) is 5.75 Å². The van der Waals surface area contributed by atoms with Crippen molar-refractivity contribution in [1.82, 2.24) is 0 Å². The van der Waals surface area contributed by atoms with Crippen molar-refractivity contribution in [2.75, 3.05) is 5.32 Å². The van der Waals surface area contributed by atoms with E-state index < -0.39 is 23.8 Å². The van der Waals surface area contributed by atoms with Gasteiger partial charge in [0.1, 0.15) is 11.6 Å². The van der Waals surface area contributed by atoms with Gasteiger partial charge < -0.3 is 10.1 Å². The number of anilines is 1. The van der Waals surface area contributed by atoms with Crippen LogP contribution in [-0.2, 0) is 4.79 Å². The van der Waals surface area contributed by atoms with Gasteiger partial charge in [0.15, 0.2) is 0 Å². The van der Waals surface area contributed by atoms with Crippen molar-refractivity contribution in [3.8, 4) is 5.75 Å². The van der Waals surface area contributed by atoms with Crippen LogP contribution in [-0.4, -0.2) is 12.3 Å². The van der Waals surface area contributed by atoms with Gasteiger partial charge in [-0.3, -0.25) is 4.79 Å². The summed E-state index contributed by atoms with van der Waals surface area (Å²) < 4.78 is 53.9. The fourth-order valence-electron chi connectivity index (χ4n) is 2.27. The van der Waals surface area contributed by atoms with E-state index in [-0.39, 0.29) is 5.57 Å². The Bertz CT molecular complexity index is 812. The third-order valence-corrected chi connectivity index (χ3v) is 3.17. The Morgan fingerprint density at radius 3 is 2.61 bits per heavy atom. The Morgan fingerprint density at radius 2 is 1.87 bits per heavy atom. The van der Waals surface area contributed by atoms with Crippen molar-refractivity contribution in [3.05, 3.63) is 59.4 Å². The summed E-state index contributed by atoms with van der Waals surface area (Å²) in [5, 5.41) is 2.56. The second-order valence-electron chi connectivity index (χ2n) is 4.82. The molecule has 0 aromatic heterocycles. The number of amides is 1. The molecule has 1 amide bonds. The van der Waals surface area contributed by atoms with E-state index in [1.807, 2.05) is 0 Å². The van der Waals surface area contributed by atoms with Gasteiger partial charge in [0.25, 0.3) is 5.91 Å². The zero-order chi connectivity index (χ0) is 16.6. The van der Waals surface area contributed by atoms with Crippen molar-refractivity contribution in [2.24, 2.45) is 0 Å². The van der Waals surface area contributed by atoms with Crippen LogP contribution in [0.3, 0.4) is 0 Å². The molecule has 0 aliphatic carbocycles. The molecule has 0 spiro atoms. The number of carbonyl (C=O) groups is 1. The van der Waals surface area contributed by atoms with E-state index in [0.29, 0.717) is 16.8 Å². The van der Waals surface area contributed by atoms with Crippen LogP contribution in [0.2, 0.25) is 0 Å². The quantitative estimate of drug-likeness (QED) is 0.664. The summed E-state index contributed by atoms with van der Waals surface area (Å²) >= 11 is 0. The normalized spacial score (nSPS) is 15.5. The van der Waals surface area contributed by atoms with Crippen LogP contribution in [0.15, 0.2) is 42.5 Å². The first kappa shape index (κ1) is 15.1. The minimum Gasteiger partial charge on any atom is -0.406 e. The lowest BCUT2D eigenvalue weighted by Crippen LogP contribution is -2.17. The third kappa shape index (κ3) is 3.33. The van der Waals surface area contributed by atoms with Gasteiger partial charge in [-0.1, -0.05) is 12.1 Å². The highest BCUT2D eigenvalue weighted by atomic mass is 19.4. The average molecular weight is 323 g/mol. The van der Waals surface area contributed by atoms with Crippen molar-refractivity contribution < 1.29 is 27.1 Å². The number of hydrogen-bond acceptors (Lipinski definition) is 2. The molecule has 3 nitrogen and oxygen atoms in total. The predicted octanol–water partition coefficient (Wildman–Crippen LogP) is 4.22. The van der Waals surface area contributed by atoms with Crippen LogP contribution in [0, 0.1) is 5.82 Å². The molecule has 23 heavy (non-hydrogen) atoms. The molecule has 0 bridgehead atoms. The van der Waals surface area contributed by atoms with E-state index >= 15 is 0 Å². The highest BCUT2D eigenvalue weighted by molar-refractivity contribution is 6.34. The molecule has 1 heterocycles. The fourth-order valence-corrected chi connectivity index (χ4v) is 2.27. The Labute approximate surface area is 128 Å². The molecule has 0 fully saturated rings. The highest BCUT2D eigenvalue weighted by Crippen LogP contribution is 2.34. The lowest BCUT2D eigenvalue weighted by atomic mass is 10.0. The molecule has 2 aromatic carbocycles. The van der Waals surface area contributed by atoms with E-state index in [1.54, 1.807) is 0 Å². The lowest BCUT2D eigenvalue weighted by Gasteiger charge is -2.09. The highest BCUT2D eigenvalue weighted by Gasteiger charge is 2.31. The van der Waals surface area contributed by atoms with Gasteiger partial charge >= 0.3 is 6.36 Å². The third-order valence-electron chi connectivity index (χ3n) is 3.17. The molecule has 2 aromatic rings. The summed E-state index contributed by atoms with van der Waals surface area (Å²) in [6.07, 6.45) is -3.42. The summed E-state index contributed by atoms with van der Waals surface area (Å²) in [6, 6.07) is 9.00. The summed E-state index contributed by atoms with van der Waals surface area (Å²) in [6.45, 7) is 0. The van der Waals surface area contributed by atoms with Crippen LogP contribution in [0.1, 0.15) is 11.1 Å². The standard InChI is InChI=1S/C16H9F4NO2/c17-10-4-5-14-12(8-10)13(15(22)21-14)7-9-2-1-3-11(6-9)23-16(18,19)20/h1-8H,(H,21,22)/b13-7+. The van der Waals surface area contributed by atoms with Crippen LogP contribution >= 0.6 is 0 Å².